The molecule has 22 heavy (non-hydrogen) atoms. The molecule has 1 aromatic heterocycles. The predicted octanol–water partition coefficient (Wildman–Crippen LogP) is 0.903. The number of carbonyl (C=O) groups is 2. The van der Waals surface area contributed by atoms with E-state index in [1.165, 1.54) is 11.3 Å². The Bertz CT molecular complexity index is 515. The van der Waals surface area contributed by atoms with Crippen LogP contribution in [0.1, 0.15) is 30.7 Å². The van der Waals surface area contributed by atoms with Crippen molar-refractivity contribution >= 4 is 23.2 Å². The number of carbonyl (C=O) groups excluding carboxylic acids is 1. The Balaban J connectivity index is 2.60. The Kier molecular flexibility index (Phi) is 6.99. The molecule has 6 nitrogen and oxygen atoms in total. The second-order valence-electron chi connectivity index (χ2n) is 5.93. The first-order valence-electron chi connectivity index (χ1n) is 7.21. The van der Waals surface area contributed by atoms with Crippen LogP contribution in [0.15, 0.2) is 11.4 Å². The number of carboxylic acids is 1. The van der Waals surface area contributed by atoms with E-state index in [0.29, 0.717) is 12.8 Å². The number of nitrogens with one attached hydrogen (secondary N) is 1. The zero-order valence-corrected chi connectivity index (χ0v) is 13.9. The van der Waals surface area contributed by atoms with Crippen LogP contribution in [0.3, 0.4) is 0 Å². The highest BCUT2D eigenvalue weighted by molar-refractivity contribution is 7.10. The molecule has 0 saturated carbocycles. The monoisotopic (exact) mass is 328 g/mol. The van der Waals surface area contributed by atoms with Crippen LogP contribution in [0.2, 0.25) is 0 Å². The zero-order valence-electron chi connectivity index (χ0n) is 13.1. The largest absolute Gasteiger partial charge is 0.480 e. The fourth-order valence-corrected chi connectivity index (χ4v) is 3.03. The van der Waals surface area contributed by atoms with Crippen molar-refractivity contribution < 1.29 is 19.8 Å². The quantitative estimate of drug-likeness (QED) is 0.566. The summed E-state index contributed by atoms with van der Waals surface area (Å²) in [5.41, 5.74) is 6.97. The average Bonchev–Trinajstić information content (AvgIpc) is 2.81. The maximum atomic E-state index is 12.0. The Labute approximate surface area is 134 Å². The van der Waals surface area contributed by atoms with Gasteiger partial charge in [-0.25, -0.2) is 4.79 Å². The summed E-state index contributed by atoms with van der Waals surface area (Å²) >= 11 is 1.52. The van der Waals surface area contributed by atoms with Crippen molar-refractivity contribution in [2.24, 2.45) is 11.7 Å². The summed E-state index contributed by atoms with van der Waals surface area (Å²) in [6.45, 7) is 5.69. The fraction of sp³-hybridized carbons (Fsp3) is 0.600. The predicted molar refractivity (Wildman–Crippen MR) is 85.8 cm³/mol. The van der Waals surface area contributed by atoms with E-state index in [2.05, 4.69) is 5.32 Å². The number of rotatable bonds is 8. The van der Waals surface area contributed by atoms with Gasteiger partial charge in [0, 0.05) is 10.9 Å². The van der Waals surface area contributed by atoms with Crippen molar-refractivity contribution in [3.8, 4) is 0 Å². The summed E-state index contributed by atoms with van der Waals surface area (Å²) < 4.78 is 0. The van der Waals surface area contributed by atoms with Gasteiger partial charge in [-0.1, -0.05) is 13.8 Å². The van der Waals surface area contributed by atoms with Gasteiger partial charge in [0.05, 0.1) is 0 Å². The molecular weight excluding hydrogens is 304 g/mol. The molecule has 0 radical (unpaired) electrons. The molecule has 3 atom stereocenters. The lowest BCUT2D eigenvalue weighted by Crippen LogP contribution is -2.52. The minimum Gasteiger partial charge on any atom is -0.480 e. The lowest BCUT2D eigenvalue weighted by Gasteiger charge is -2.21. The average molecular weight is 328 g/mol. The lowest BCUT2D eigenvalue weighted by molar-refractivity contribution is -0.144. The van der Waals surface area contributed by atoms with Crippen LogP contribution in [-0.4, -0.2) is 40.3 Å². The summed E-state index contributed by atoms with van der Waals surface area (Å²) in [6.07, 6.45) is -0.765. The van der Waals surface area contributed by atoms with Gasteiger partial charge in [0.25, 0.3) is 5.91 Å². The van der Waals surface area contributed by atoms with E-state index in [1.54, 1.807) is 0 Å². The molecule has 0 fully saturated rings. The van der Waals surface area contributed by atoms with Gasteiger partial charge in [0.1, 0.15) is 12.1 Å². The molecule has 0 aromatic carbocycles. The zero-order chi connectivity index (χ0) is 16.9. The van der Waals surface area contributed by atoms with Gasteiger partial charge >= 0.3 is 5.97 Å². The molecule has 5 N–H and O–H groups in total. The smallest absolute Gasteiger partial charge is 0.326 e. The molecule has 1 amide bonds. The van der Waals surface area contributed by atoms with E-state index < -0.39 is 30.1 Å². The van der Waals surface area contributed by atoms with Gasteiger partial charge in [-0.2, -0.15) is 0 Å². The van der Waals surface area contributed by atoms with E-state index in [9.17, 15) is 14.7 Å². The van der Waals surface area contributed by atoms with Crippen molar-refractivity contribution in [3.05, 3.63) is 21.9 Å². The molecule has 1 rings (SSSR count). The van der Waals surface area contributed by atoms with E-state index in [-0.39, 0.29) is 5.92 Å². The second kappa shape index (κ2) is 8.26. The topological polar surface area (TPSA) is 113 Å². The molecule has 0 aliphatic rings. The van der Waals surface area contributed by atoms with Gasteiger partial charge in [0.2, 0.25) is 0 Å². The third kappa shape index (κ3) is 5.75. The minimum absolute atomic E-state index is 0.112. The first-order valence-corrected chi connectivity index (χ1v) is 8.09. The number of nitrogens with two attached hydrogens (primary N) is 1. The van der Waals surface area contributed by atoms with Crippen molar-refractivity contribution in [1.29, 1.82) is 0 Å². The van der Waals surface area contributed by atoms with Crippen LogP contribution in [0.25, 0.3) is 0 Å². The number of aliphatic hydroxyl groups excluding tert-OH is 1. The third-order valence-electron chi connectivity index (χ3n) is 3.22. The Morgan fingerprint density at radius 2 is 2.05 bits per heavy atom. The van der Waals surface area contributed by atoms with E-state index in [1.807, 2.05) is 32.2 Å². The number of aliphatic hydroxyl groups is 1. The standard InChI is InChI=1S/C15H24N2O4S/c1-8(2)4-12(15(20)21)17-14(19)13(18)11(16)6-10-5-9(3)7-22-10/h5,7-8,11-13,18H,4,6,16H2,1-3H3,(H,17,19)(H,20,21)/t11-,12+,13+/m1/s1. The van der Waals surface area contributed by atoms with Crippen LogP contribution >= 0.6 is 11.3 Å². The Hall–Kier alpha value is -1.44. The van der Waals surface area contributed by atoms with Crippen molar-refractivity contribution in [1.82, 2.24) is 5.32 Å². The number of hydrogen-bond acceptors (Lipinski definition) is 5. The van der Waals surface area contributed by atoms with Gasteiger partial charge in [-0.05, 0) is 42.7 Å². The molecule has 124 valence electrons. The van der Waals surface area contributed by atoms with E-state index in [4.69, 9.17) is 10.8 Å². The SMILES string of the molecule is Cc1csc(C[C@@H](N)[C@H](O)C(=O)N[C@@H](CC(C)C)C(=O)O)c1. The summed E-state index contributed by atoms with van der Waals surface area (Å²) in [6, 6.07) is 0.165. The molecule has 1 heterocycles. The van der Waals surface area contributed by atoms with Crippen LogP contribution in [0.4, 0.5) is 0 Å². The molecule has 0 unspecified atom stereocenters. The highest BCUT2D eigenvalue weighted by Gasteiger charge is 2.28. The molecule has 7 heteroatoms. The van der Waals surface area contributed by atoms with Gasteiger partial charge in [-0.15, -0.1) is 11.3 Å². The maximum Gasteiger partial charge on any atom is 0.326 e. The van der Waals surface area contributed by atoms with Crippen molar-refractivity contribution in [2.75, 3.05) is 0 Å². The highest BCUT2D eigenvalue weighted by Crippen LogP contribution is 2.16. The van der Waals surface area contributed by atoms with Crippen LogP contribution < -0.4 is 11.1 Å². The fourth-order valence-electron chi connectivity index (χ4n) is 2.09. The van der Waals surface area contributed by atoms with Crippen molar-refractivity contribution in [2.45, 2.75) is 51.8 Å². The number of hydrogen-bond donors (Lipinski definition) is 4. The minimum atomic E-state index is -1.43. The maximum absolute atomic E-state index is 12.0. The first-order chi connectivity index (χ1) is 10.2. The van der Waals surface area contributed by atoms with E-state index in [0.717, 1.165) is 10.4 Å². The number of carboxylic acid groups (broad SMARTS) is 1. The van der Waals surface area contributed by atoms with Crippen LogP contribution in [0, 0.1) is 12.8 Å². The molecule has 0 spiro atoms. The first kappa shape index (κ1) is 18.6. The Morgan fingerprint density at radius 3 is 2.50 bits per heavy atom. The summed E-state index contributed by atoms with van der Waals surface area (Å²) in [5.74, 6) is -1.74. The molecular formula is C15H24N2O4S. The molecule has 1 aromatic rings. The summed E-state index contributed by atoms with van der Waals surface area (Å²) in [4.78, 5) is 24.1. The van der Waals surface area contributed by atoms with Crippen LogP contribution in [-0.2, 0) is 16.0 Å². The molecule has 0 aliphatic heterocycles. The number of amides is 1. The van der Waals surface area contributed by atoms with Gasteiger partial charge in [0.15, 0.2) is 0 Å². The van der Waals surface area contributed by atoms with Gasteiger partial charge in [-0.3, -0.25) is 4.79 Å². The van der Waals surface area contributed by atoms with Gasteiger partial charge < -0.3 is 21.3 Å². The highest BCUT2D eigenvalue weighted by atomic mass is 32.1. The normalized spacial score (nSPS) is 15.4. The summed E-state index contributed by atoms with van der Waals surface area (Å²) in [5, 5.41) is 23.4. The lowest BCUT2D eigenvalue weighted by atomic mass is 10.0. The summed E-state index contributed by atoms with van der Waals surface area (Å²) in [7, 11) is 0. The molecule has 0 aliphatic carbocycles. The number of thiophene rings is 1. The van der Waals surface area contributed by atoms with E-state index >= 15 is 0 Å². The second-order valence-corrected chi connectivity index (χ2v) is 6.93. The molecule has 0 bridgehead atoms. The van der Waals surface area contributed by atoms with Crippen molar-refractivity contribution in [3.63, 3.8) is 0 Å². The third-order valence-corrected chi connectivity index (χ3v) is 4.29. The Morgan fingerprint density at radius 1 is 1.41 bits per heavy atom. The van der Waals surface area contributed by atoms with Crippen LogP contribution in [0.5, 0.6) is 0 Å². The number of aryl methyl sites for hydroxylation is 1. The number of aliphatic carboxylic acids is 1. The molecule has 0 saturated heterocycles.